The van der Waals surface area contributed by atoms with Gasteiger partial charge in [-0.25, -0.2) is 4.39 Å². The molecule has 3 heteroatoms. The zero-order chi connectivity index (χ0) is 8.85. The highest BCUT2D eigenvalue weighted by atomic mass is 19.1. The van der Waals surface area contributed by atoms with Crippen molar-refractivity contribution in [1.29, 1.82) is 0 Å². The van der Waals surface area contributed by atoms with Gasteiger partial charge < -0.3 is 9.84 Å². The molecular weight excluding hydrogens is 147 g/mol. The van der Waals surface area contributed by atoms with Gasteiger partial charge in [-0.1, -0.05) is 19.2 Å². The van der Waals surface area contributed by atoms with Crippen LogP contribution in [0.5, 0.6) is 0 Å². The van der Waals surface area contributed by atoms with E-state index in [4.69, 9.17) is 5.11 Å². The molecule has 0 aromatic carbocycles. The van der Waals surface area contributed by atoms with E-state index in [9.17, 15) is 4.39 Å². The van der Waals surface area contributed by atoms with Gasteiger partial charge in [0.1, 0.15) is 5.76 Å². The minimum Gasteiger partial charge on any atom is -0.494 e. The smallest absolute Gasteiger partial charge is 0.169 e. The van der Waals surface area contributed by atoms with Gasteiger partial charge in [0, 0.05) is 5.57 Å². The molecule has 0 fully saturated rings. The Kier molecular flexibility index (Phi) is 4.22. The number of halogens is 1. The Bertz CT molecular complexity index is 194. The summed E-state index contributed by atoms with van der Waals surface area (Å²) in [6, 6.07) is 0. The molecule has 0 amide bonds. The van der Waals surface area contributed by atoms with Crippen molar-refractivity contribution < 1.29 is 14.2 Å². The Morgan fingerprint density at radius 3 is 2.55 bits per heavy atom. The van der Waals surface area contributed by atoms with Crippen LogP contribution >= 0.6 is 0 Å². The summed E-state index contributed by atoms with van der Waals surface area (Å²) < 4.78 is 17.4. The quantitative estimate of drug-likeness (QED) is 0.497. The summed E-state index contributed by atoms with van der Waals surface area (Å²) in [5.41, 5.74) is 0.0804. The predicted octanol–water partition coefficient (Wildman–Crippen LogP) is 1.55. The number of hydrogen-bond donors (Lipinski definition) is 1. The first-order chi connectivity index (χ1) is 5.17. The molecule has 0 heterocycles. The van der Waals surface area contributed by atoms with Crippen molar-refractivity contribution in [3.63, 3.8) is 0 Å². The van der Waals surface area contributed by atoms with E-state index >= 15 is 0 Å². The molecule has 0 saturated carbocycles. The number of hydrogen-bond acceptors (Lipinski definition) is 2. The third kappa shape index (κ3) is 2.55. The Morgan fingerprint density at radius 2 is 2.27 bits per heavy atom. The van der Waals surface area contributed by atoms with Crippen LogP contribution in [0.2, 0.25) is 0 Å². The van der Waals surface area contributed by atoms with Crippen LogP contribution in [0.15, 0.2) is 36.4 Å². The van der Waals surface area contributed by atoms with Crippen LogP contribution in [-0.4, -0.2) is 18.8 Å². The van der Waals surface area contributed by atoms with Gasteiger partial charge in [0.25, 0.3) is 0 Å². The van der Waals surface area contributed by atoms with E-state index in [0.29, 0.717) is 0 Å². The largest absolute Gasteiger partial charge is 0.494 e. The Balaban J connectivity index is 4.60. The lowest BCUT2D eigenvalue weighted by Crippen LogP contribution is -1.94. The first-order valence-corrected chi connectivity index (χ1v) is 3.02. The SMILES string of the molecule is C=C/C(CO)=C(/F)C(=C)OC. The maximum Gasteiger partial charge on any atom is 0.169 e. The second kappa shape index (κ2) is 4.68. The third-order valence-corrected chi connectivity index (χ3v) is 1.19. The van der Waals surface area contributed by atoms with Crippen LogP contribution in [0.25, 0.3) is 0 Å². The number of ether oxygens (including phenoxy) is 1. The minimum absolute atomic E-state index is 0.0804. The van der Waals surface area contributed by atoms with Crippen molar-refractivity contribution in [1.82, 2.24) is 0 Å². The van der Waals surface area contributed by atoms with Crippen molar-refractivity contribution in [2.75, 3.05) is 13.7 Å². The molecule has 0 unspecified atom stereocenters. The van der Waals surface area contributed by atoms with E-state index in [1.165, 1.54) is 13.2 Å². The molecule has 0 aromatic heterocycles. The van der Waals surface area contributed by atoms with Crippen LogP contribution in [0.3, 0.4) is 0 Å². The van der Waals surface area contributed by atoms with Gasteiger partial charge in [-0.05, 0) is 0 Å². The van der Waals surface area contributed by atoms with Gasteiger partial charge >= 0.3 is 0 Å². The molecule has 1 N–H and O–H groups in total. The number of allylic oxidation sites excluding steroid dienone is 1. The monoisotopic (exact) mass is 158 g/mol. The highest BCUT2D eigenvalue weighted by Crippen LogP contribution is 2.15. The summed E-state index contributed by atoms with van der Waals surface area (Å²) in [7, 11) is 1.31. The molecular formula is C8H11FO2. The van der Waals surface area contributed by atoms with Gasteiger partial charge in [0.05, 0.1) is 13.7 Å². The molecule has 0 rings (SSSR count). The summed E-state index contributed by atoms with van der Waals surface area (Å²) >= 11 is 0. The third-order valence-electron chi connectivity index (χ3n) is 1.19. The fourth-order valence-corrected chi connectivity index (χ4v) is 0.492. The molecule has 0 aliphatic rings. The van der Waals surface area contributed by atoms with Crippen molar-refractivity contribution in [2.45, 2.75) is 0 Å². The Hall–Kier alpha value is -1.09. The first-order valence-electron chi connectivity index (χ1n) is 3.02. The normalized spacial score (nSPS) is 11.9. The lowest BCUT2D eigenvalue weighted by Gasteiger charge is -2.03. The molecule has 11 heavy (non-hydrogen) atoms. The van der Waals surface area contributed by atoms with Gasteiger partial charge in [-0.3, -0.25) is 0 Å². The predicted molar refractivity (Wildman–Crippen MR) is 41.6 cm³/mol. The van der Waals surface area contributed by atoms with Crippen LogP contribution in [-0.2, 0) is 4.74 Å². The lowest BCUT2D eigenvalue weighted by molar-refractivity contribution is 0.278. The summed E-state index contributed by atoms with van der Waals surface area (Å²) in [5, 5.41) is 8.58. The molecule has 0 saturated heterocycles. The zero-order valence-corrected chi connectivity index (χ0v) is 6.43. The number of aliphatic hydroxyl groups excluding tert-OH is 1. The fourth-order valence-electron chi connectivity index (χ4n) is 0.492. The maximum absolute atomic E-state index is 12.9. The highest BCUT2D eigenvalue weighted by Gasteiger charge is 2.05. The van der Waals surface area contributed by atoms with Gasteiger partial charge in [0.2, 0.25) is 0 Å². The highest BCUT2D eigenvalue weighted by molar-refractivity contribution is 5.30. The van der Waals surface area contributed by atoms with Crippen LogP contribution in [0, 0.1) is 0 Å². The lowest BCUT2D eigenvalue weighted by atomic mass is 10.2. The van der Waals surface area contributed by atoms with E-state index in [0.717, 1.165) is 0 Å². The Morgan fingerprint density at radius 1 is 1.73 bits per heavy atom. The molecule has 2 nitrogen and oxygen atoms in total. The van der Waals surface area contributed by atoms with Gasteiger partial charge in [-0.2, -0.15) is 0 Å². The molecule has 62 valence electrons. The summed E-state index contributed by atoms with van der Waals surface area (Å²) in [4.78, 5) is 0. The molecule has 0 radical (unpaired) electrons. The average Bonchev–Trinajstić information content (AvgIpc) is 2.05. The van der Waals surface area contributed by atoms with Crippen molar-refractivity contribution in [3.05, 3.63) is 36.4 Å². The first kappa shape index (κ1) is 9.91. The van der Waals surface area contributed by atoms with Gasteiger partial charge in [0.15, 0.2) is 5.83 Å². The van der Waals surface area contributed by atoms with Crippen LogP contribution < -0.4 is 0 Å². The van der Waals surface area contributed by atoms with Crippen LogP contribution in [0.1, 0.15) is 0 Å². The number of rotatable bonds is 4. The summed E-state index contributed by atoms with van der Waals surface area (Å²) in [5.74, 6) is -0.765. The molecule has 0 aliphatic heterocycles. The second-order valence-electron chi connectivity index (χ2n) is 1.83. The van der Waals surface area contributed by atoms with E-state index < -0.39 is 12.4 Å². The summed E-state index contributed by atoms with van der Waals surface area (Å²) in [6.07, 6.45) is 1.22. The standard InChI is InChI=1S/C8H11FO2/c1-4-7(5-10)8(9)6(2)11-3/h4,10H,1-2,5H2,3H3/b8-7-. The summed E-state index contributed by atoms with van der Waals surface area (Å²) in [6.45, 7) is 6.19. The molecule has 0 bridgehead atoms. The Labute approximate surface area is 65.3 Å². The van der Waals surface area contributed by atoms with Crippen molar-refractivity contribution in [3.8, 4) is 0 Å². The van der Waals surface area contributed by atoms with Crippen LogP contribution in [0.4, 0.5) is 4.39 Å². The number of aliphatic hydroxyl groups is 1. The molecule has 0 spiro atoms. The van der Waals surface area contributed by atoms with E-state index in [2.05, 4.69) is 17.9 Å². The number of methoxy groups -OCH3 is 1. The fraction of sp³-hybridized carbons (Fsp3) is 0.250. The van der Waals surface area contributed by atoms with E-state index in [1.807, 2.05) is 0 Å². The maximum atomic E-state index is 12.9. The zero-order valence-electron chi connectivity index (χ0n) is 6.43. The van der Waals surface area contributed by atoms with Crippen molar-refractivity contribution >= 4 is 0 Å². The van der Waals surface area contributed by atoms with E-state index in [-0.39, 0.29) is 11.3 Å². The second-order valence-corrected chi connectivity index (χ2v) is 1.83. The molecule has 0 aliphatic carbocycles. The average molecular weight is 158 g/mol. The van der Waals surface area contributed by atoms with Crippen molar-refractivity contribution in [2.24, 2.45) is 0 Å². The molecule has 0 aromatic rings. The molecule has 0 atom stereocenters. The van der Waals surface area contributed by atoms with Gasteiger partial charge in [-0.15, -0.1) is 0 Å². The minimum atomic E-state index is -0.662. The topological polar surface area (TPSA) is 29.5 Å². The van der Waals surface area contributed by atoms with E-state index in [1.54, 1.807) is 0 Å².